The fraction of sp³-hybridized carbons (Fsp3) is 0.400. The average Bonchev–Trinajstić information content (AvgIpc) is 2.96. The Morgan fingerprint density at radius 1 is 1.36 bits per heavy atom. The van der Waals surface area contributed by atoms with Crippen molar-refractivity contribution in [2.75, 3.05) is 6.54 Å². The van der Waals surface area contributed by atoms with Crippen LogP contribution in [-0.4, -0.2) is 16.6 Å². The lowest BCUT2D eigenvalue weighted by molar-refractivity contribution is -0.140. The van der Waals surface area contributed by atoms with Crippen LogP contribution >= 0.6 is 11.3 Å². The second-order valence-electron chi connectivity index (χ2n) is 4.95. The molecular formula is C15H17F3N2OS. The van der Waals surface area contributed by atoms with Gasteiger partial charge < -0.3 is 10.4 Å². The van der Waals surface area contributed by atoms with Crippen molar-refractivity contribution in [3.63, 3.8) is 0 Å². The van der Waals surface area contributed by atoms with Crippen LogP contribution in [0.15, 0.2) is 29.6 Å². The van der Waals surface area contributed by atoms with Crippen molar-refractivity contribution < 1.29 is 18.3 Å². The van der Waals surface area contributed by atoms with E-state index in [0.717, 1.165) is 27.8 Å². The smallest absolute Gasteiger partial charge is 0.392 e. The molecule has 22 heavy (non-hydrogen) atoms. The molecule has 7 heteroatoms. The number of rotatable bonds is 6. The van der Waals surface area contributed by atoms with E-state index in [4.69, 9.17) is 5.11 Å². The number of benzene rings is 1. The highest BCUT2D eigenvalue weighted by Gasteiger charge is 2.33. The van der Waals surface area contributed by atoms with Gasteiger partial charge in [0, 0.05) is 24.4 Å². The van der Waals surface area contributed by atoms with Gasteiger partial charge >= 0.3 is 6.18 Å². The Hall–Kier alpha value is -1.44. The number of nitrogens with zero attached hydrogens (tertiary/aromatic N) is 1. The maximum atomic E-state index is 12.5. The first-order chi connectivity index (χ1) is 10.4. The molecule has 1 unspecified atom stereocenters. The lowest BCUT2D eigenvalue weighted by Gasteiger charge is -2.14. The molecule has 2 rings (SSSR count). The summed E-state index contributed by atoms with van der Waals surface area (Å²) in [4.78, 5) is 3.60. The normalized spacial score (nSPS) is 13.3. The van der Waals surface area contributed by atoms with E-state index in [1.165, 1.54) is 0 Å². The highest BCUT2D eigenvalue weighted by Crippen LogP contribution is 2.30. The lowest BCUT2D eigenvalue weighted by Crippen LogP contribution is -2.21. The number of hydrogen-bond acceptors (Lipinski definition) is 4. The van der Waals surface area contributed by atoms with Crippen LogP contribution in [0.3, 0.4) is 0 Å². The summed E-state index contributed by atoms with van der Waals surface area (Å²) < 4.78 is 37.4. The topological polar surface area (TPSA) is 45.2 Å². The summed E-state index contributed by atoms with van der Waals surface area (Å²) in [5.74, 6) is 0. The largest absolute Gasteiger partial charge is 0.434 e. The molecule has 1 aromatic carbocycles. The molecule has 2 aromatic rings. The second kappa shape index (κ2) is 7.21. The van der Waals surface area contributed by atoms with E-state index in [9.17, 15) is 13.2 Å². The van der Waals surface area contributed by atoms with E-state index in [2.05, 4.69) is 10.3 Å². The van der Waals surface area contributed by atoms with Crippen molar-refractivity contribution in [2.45, 2.75) is 32.2 Å². The molecule has 3 nitrogen and oxygen atoms in total. The van der Waals surface area contributed by atoms with Crippen molar-refractivity contribution in [1.29, 1.82) is 0 Å². The number of thiazole rings is 1. The highest BCUT2D eigenvalue weighted by atomic mass is 32.1. The minimum absolute atomic E-state index is 0.0140. The predicted molar refractivity (Wildman–Crippen MR) is 79.6 cm³/mol. The van der Waals surface area contributed by atoms with E-state index in [1.54, 1.807) is 0 Å². The first-order valence-corrected chi connectivity index (χ1v) is 7.73. The number of aliphatic hydroxyl groups excluding tert-OH is 1. The van der Waals surface area contributed by atoms with Crippen LogP contribution in [0.4, 0.5) is 13.2 Å². The molecular weight excluding hydrogens is 313 g/mol. The zero-order chi connectivity index (χ0) is 16.2. The fourth-order valence-electron chi connectivity index (χ4n) is 2.03. The maximum Gasteiger partial charge on any atom is 0.434 e. The number of alkyl halides is 3. The van der Waals surface area contributed by atoms with Gasteiger partial charge in [-0.15, -0.1) is 11.3 Å². The molecule has 0 amide bonds. The number of halogens is 3. The molecule has 1 aromatic heterocycles. The molecule has 1 heterocycles. The van der Waals surface area contributed by atoms with Crippen molar-refractivity contribution >= 4 is 11.3 Å². The van der Waals surface area contributed by atoms with E-state index in [0.29, 0.717) is 18.0 Å². The van der Waals surface area contributed by atoms with Gasteiger partial charge in [-0.25, -0.2) is 4.98 Å². The molecule has 0 bridgehead atoms. The van der Waals surface area contributed by atoms with Crippen LogP contribution in [-0.2, 0) is 19.2 Å². The Labute approximate surface area is 130 Å². The Morgan fingerprint density at radius 2 is 2.14 bits per heavy atom. The Balaban J connectivity index is 1.86. The van der Waals surface area contributed by atoms with E-state index < -0.39 is 11.9 Å². The van der Waals surface area contributed by atoms with Gasteiger partial charge in [0.05, 0.1) is 11.6 Å². The van der Waals surface area contributed by atoms with Crippen LogP contribution in [0.2, 0.25) is 0 Å². The number of aromatic nitrogens is 1. The van der Waals surface area contributed by atoms with E-state index in [1.807, 2.05) is 31.2 Å². The van der Waals surface area contributed by atoms with E-state index in [-0.39, 0.29) is 12.6 Å². The summed E-state index contributed by atoms with van der Waals surface area (Å²) in [6, 6.07) is 7.61. The molecule has 120 valence electrons. The third kappa shape index (κ3) is 4.53. The molecule has 0 aliphatic heterocycles. The third-order valence-electron chi connectivity index (χ3n) is 3.27. The molecule has 0 spiro atoms. The lowest BCUT2D eigenvalue weighted by atomic mass is 10.1. The molecule has 0 aliphatic rings. The Bertz CT molecular complexity index is 613. The zero-order valence-electron chi connectivity index (χ0n) is 12.0. The Kier molecular flexibility index (Phi) is 5.55. The van der Waals surface area contributed by atoms with Crippen LogP contribution in [0.1, 0.15) is 34.8 Å². The van der Waals surface area contributed by atoms with Gasteiger partial charge in [-0.05, 0) is 18.1 Å². The number of aliphatic hydroxyl groups is 1. The summed E-state index contributed by atoms with van der Waals surface area (Å²) >= 11 is 1.03. The summed E-state index contributed by atoms with van der Waals surface area (Å²) in [5.41, 5.74) is 1.04. The van der Waals surface area contributed by atoms with Gasteiger partial charge in [-0.3, -0.25) is 0 Å². The standard InChI is InChI=1S/C15H17F3N2OS/c1-10(12-4-2-3-11(7-12)8-21)19-6-5-14-20-13(9-22-14)15(16,17)18/h2-4,7,9-10,19,21H,5-6,8H2,1H3. The Morgan fingerprint density at radius 3 is 2.77 bits per heavy atom. The summed E-state index contributed by atoms with van der Waals surface area (Å²) in [7, 11) is 0. The SMILES string of the molecule is CC(NCCc1nc(C(F)(F)F)cs1)c1cccc(CO)c1. The van der Waals surface area contributed by atoms with Crippen molar-refractivity contribution in [2.24, 2.45) is 0 Å². The summed E-state index contributed by atoms with van der Waals surface area (Å²) in [6.07, 6.45) is -3.93. The van der Waals surface area contributed by atoms with Gasteiger partial charge in [-0.1, -0.05) is 24.3 Å². The first-order valence-electron chi connectivity index (χ1n) is 6.85. The van der Waals surface area contributed by atoms with Crippen molar-refractivity contribution in [1.82, 2.24) is 10.3 Å². The average molecular weight is 330 g/mol. The van der Waals surface area contributed by atoms with Crippen LogP contribution < -0.4 is 5.32 Å². The van der Waals surface area contributed by atoms with Crippen LogP contribution in [0.25, 0.3) is 0 Å². The molecule has 1 atom stereocenters. The minimum atomic E-state index is -4.37. The number of hydrogen-bond donors (Lipinski definition) is 2. The molecule has 2 N–H and O–H groups in total. The third-order valence-corrected chi connectivity index (χ3v) is 4.17. The van der Waals surface area contributed by atoms with Gasteiger partial charge in [0.15, 0.2) is 5.69 Å². The van der Waals surface area contributed by atoms with Crippen molar-refractivity contribution in [3.8, 4) is 0 Å². The van der Waals surface area contributed by atoms with E-state index >= 15 is 0 Å². The second-order valence-corrected chi connectivity index (χ2v) is 5.90. The number of nitrogens with one attached hydrogen (secondary N) is 1. The van der Waals surface area contributed by atoms with Crippen molar-refractivity contribution in [3.05, 3.63) is 51.5 Å². The van der Waals surface area contributed by atoms with Gasteiger partial charge in [0.1, 0.15) is 0 Å². The first kappa shape index (κ1) is 16.9. The monoisotopic (exact) mass is 330 g/mol. The van der Waals surface area contributed by atoms with Gasteiger partial charge in [-0.2, -0.15) is 13.2 Å². The van der Waals surface area contributed by atoms with Gasteiger partial charge in [0.25, 0.3) is 0 Å². The molecule has 0 radical (unpaired) electrons. The molecule has 0 saturated carbocycles. The molecule has 0 fully saturated rings. The van der Waals surface area contributed by atoms with Crippen LogP contribution in [0.5, 0.6) is 0 Å². The minimum Gasteiger partial charge on any atom is -0.392 e. The zero-order valence-corrected chi connectivity index (χ0v) is 12.8. The quantitative estimate of drug-likeness (QED) is 0.851. The highest BCUT2D eigenvalue weighted by molar-refractivity contribution is 7.09. The molecule has 0 aliphatic carbocycles. The maximum absolute atomic E-state index is 12.5. The fourth-order valence-corrected chi connectivity index (χ4v) is 2.84. The molecule has 0 saturated heterocycles. The van der Waals surface area contributed by atoms with Gasteiger partial charge in [0.2, 0.25) is 0 Å². The summed E-state index contributed by atoms with van der Waals surface area (Å²) in [6.45, 7) is 2.49. The van der Waals surface area contributed by atoms with Crippen LogP contribution in [0, 0.1) is 0 Å². The summed E-state index contributed by atoms with van der Waals surface area (Å²) in [5, 5.41) is 13.9. The predicted octanol–water partition coefficient (Wildman–Crippen LogP) is 3.55.